The van der Waals surface area contributed by atoms with Crippen LogP contribution in [0.25, 0.3) is 0 Å². The molecule has 1 aliphatic carbocycles. The summed E-state index contributed by atoms with van der Waals surface area (Å²) in [6, 6.07) is 3.00. The lowest BCUT2D eigenvalue weighted by Gasteiger charge is -2.36. The SMILES string of the molecule is O=S(=O)(c1c(F)cccc1F)N1CCN2C[C@H](Oc3cnc(C4CC4)cn3)C[C@H]2C1. The first-order chi connectivity index (χ1) is 14.4. The average Bonchev–Trinajstić information content (AvgIpc) is 3.48. The van der Waals surface area contributed by atoms with E-state index in [1.54, 1.807) is 12.4 Å². The van der Waals surface area contributed by atoms with Gasteiger partial charge in [0, 0.05) is 44.6 Å². The predicted molar refractivity (Wildman–Crippen MR) is 104 cm³/mol. The topological polar surface area (TPSA) is 75.6 Å². The Kier molecular flexibility index (Phi) is 4.95. The van der Waals surface area contributed by atoms with E-state index in [9.17, 15) is 17.2 Å². The Hall–Kier alpha value is -2.17. The molecule has 7 nitrogen and oxygen atoms in total. The summed E-state index contributed by atoms with van der Waals surface area (Å²) in [4.78, 5) is 10.0. The van der Waals surface area contributed by atoms with Crippen molar-refractivity contribution < 1.29 is 21.9 Å². The highest BCUT2D eigenvalue weighted by atomic mass is 32.2. The molecule has 0 spiro atoms. The molecule has 10 heteroatoms. The van der Waals surface area contributed by atoms with Crippen molar-refractivity contribution in [3.8, 4) is 5.88 Å². The van der Waals surface area contributed by atoms with Crippen molar-refractivity contribution in [2.45, 2.75) is 42.2 Å². The molecule has 0 unspecified atom stereocenters. The molecule has 160 valence electrons. The van der Waals surface area contributed by atoms with Crippen LogP contribution in [0.5, 0.6) is 5.88 Å². The predicted octanol–water partition coefficient (Wildman–Crippen LogP) is 2.16. The summed E-state index contributed by atoms with van der Waals surface area (Å²) in [5, 5.41) is 0. The van der Waals surface area contributed by atoms with Crippen LogP contribution in [0.15, 0.2) is 35.5 Å². The molecule has 30 heavy (non-hydrogen) atoms. The van der Waals surface area contributed by atoms with E-state index in [-0.39, 0.29) is 25.2 Å². The molecule has 0 N–H and O–H groups in total. The fraction of sp³-hybridized carbons (Fsp3) is 0.500. The van der Waals surface area contributed by atoms with Crippen LogP contribution in [-0.4, -0.2) is 65.9 Å². The third-order valence-corrected chi connectivity index (χ3v) is 7.91. The van der Waals surface area contributed by atoms with Crippen molar-refractivity contribution in [3.63, 3.8) is 0 Å². The summed E-state index contributed by atoms with van der Waals surface area (Å²) in [6.07, 6.45) is 6.19. The zero-order valence-corrected chi connectivity index (χ0v) is 17.1. The molecule has 3 fully saturated rings. The van der Waals surface area contributed by atoms with E-state index in [4.69, 9.17) is 4.74 Å². The van der Waals surface area contributed by atoms with Crippen LogP contribution in [0.4, 0.5) is 8.78 Å². The fourth-order valence-corrected chi connectivity index (χ4v) is 5.85. The summed E-state index contributed by atoms with van der Waals surface area (Å²) < 4.78 is 61.0. The Morgan fingerprint density at radius 1 is 1.03 bits per heavy atom. The largest absolute Gasteiger partial charge is 0.472 e. The Balaban J connectivity index is 1.26. The molecule has 5 rings (SSSR count). The number of fused-ring (bicyclic) bond motifs is 1. The smallest absolute Gasteiger partial charge is 0.249 e. The molecular weight excluding hydrogens is 414 g/mol. The van der Waals surface area contributed by atoms with Gasteiger partial charge in [-0.3, -0.25) is 9.88 Å². The number of hydrogen-bond donors (Lipinski definition) is 0. The van der Waals surface area contributed by atoms with Gasteiger partial charge in [0.15, 0.2) is 4.90 Å². The van der Waals surface area contributed by atoms with Gasteiger partial charge in [0.05, 0.1) is 18.1 Å². The first-order valence-electron chi connectivity index (χ1n) is 10.1. The van der Waals surface area contributed by atoms with E-state index < -0.39 is 26.6 Å². The number of halogens is 2. The van der Waals surface area contributed by atoms with Gasteiger partial charge in [0.1, 0.15) is 17.7 Å². The van der Waals surface area contributed by atoms with E-state index in [2.05, 4.69) is 14.9 Å². The monoisotopic (exact) mass is 436 g/mol. The first-order valence-corrected chi connectivity index (χ1v) is 11.5. The van der Waals surface area contributed by atoms with Gasteiger partial charge < -0.3 is 4.74 Å². The zero-order chi connectivity index (χ0) is 20.9. The van der Waals surface area contributed by atoms with Gasteiger partial charge >= 0.3 is 0 Å². The molecule has 1 aromatic heterocycles. The number of ether oxygens (including phenoxy) is 1. The number of rotatable bonds is 5. The highest BCUT2D eigenvalue weighted by Gasteiger charge is 2.42. The van der Waals surface area contributed by atoms with Crippen molar-refractivity contribution in [1.29, 1.82) is 0 Å². The van der Waals surface area contributed by atoms with Crippen molar-refractivity contribution in [3.05, 3.63) is 47.9 Å². The minimum atomic E-state index is -4.25. The summed E-state index contributed by atoms with van der Waals surface area (Å²) in [5.74, 6) is -1.15. The second-order valence-electron chi connectivity index (χ2n) is 8.09. The zero-order valence-electron chi connectivity index (χ0n) is 16.2. The van der Waals surface area contributed by atoms with Crippen molar-refractivity contribution in [2.24, 2.45) is 0 Å². The van der Waals surface area contributed by atoms with Gasteiger partial charge in [-0.2, -0.15) is 4.31 Å². The maximum Gasteiger partial charge on any atom is 0.249 e. The Labute approximate surface area is 173 Å². The molecule has 0 bridgehead atoms. The molecular formula is C20H22F2N4O3S. The van der Waals surface area contributed by atoms with E-state index in [0.29, 0.717) is 31.3 Å². The lowest BCUT2D eigenvalue weighted by molar-refractivity contribution is 0.150. The van der Waals surface area contributed by atoms with Crippen LogP contribution in [0.3, 0.4) is 0 Å². The summed E-state index contributed by atoms with van der Waals surface area (Å²) >= 11 is 0. The normalized spacial score (nSPS) is 25.3. The van der Waals surface area contributed by atoms with Crippen LogP contribution >= 0.6 is 0 Å². The Morgan fingerprint density at radius 3 is 2.47 bits per heavy atom. The minimum Gasteiger partial charge on any atom is -0.472 e. The van der Waals surface area contributed by atoms with Crippen molar-refractivity contribution in [2.75, 3.05) is 26.2 Å². The fourth-order valence-electron chi connectivity index (χ4n) is 4.28. The number of hydrogen-bond acceptors (Lipinski definition) is 6. The van der Waals surface area contributed by atoms with Crippen LogP contribution < -0.4 is 4.74 Å². The average molecular weight is 436 g/mol. The second kappa shape index (κ2) is 7.51. The molecule has 3 aliphatic rings. The van der Waals surface area contributed by atoms with E-state index >= 15 is 0 Å². The third-order valence-electron chi connectivity index (χ3n) is 5.99. The molecule has 3 heterocycles. The standard InChI is InChI=1S/C20H22F2N4O3S/c21-16-2-1-3-17(22)20(16)30(27,28)26-7-6-25-12-15(8-14(25)11-26)29-19-10-23-18(9-24-19)13-4-5-13/h1-3,9-10,13-15H,4-8,11-12H2/t14-,15+/m0/s1. The number of sulfonamides is 1. The number of piperazine rings is 1. The lowest BCUT2D eigenvalue weighted by Crippen LogP contribution is -2.52. The first kappa shape index (κ1) is 19.8. The highest BCUT2D eigenvalue weighted by molar-refractivity contribution is 7.89. The minimum absolute atomic E-state index is 0.0768. The quantitative estimate of drug-likeness (QED) is 0.715. The molecule has 2 aromatic rings. The summed E-state index contributed by atoms with van der Waals surface area (Å²) in [7, 11) is -4.25. The maximum atomic E-state index is 14.1. The van der Waals surface area contributed by atoms with Crippen LogP contribution in [0, 0.1) is 11.6 Å². The number of benzene rings is 1. The molecule has 0 radical (unpaired) electrons. The van der Waals surface area contributed by atoms with Gasteiger partial charge in [-0.1, -0.05) is 6.07 Å². The van der Waals surface area contributed by atoms with Crippen molar-refractivity contribution in [1.82, 2.24) is 19.2 Å². The van der Waals surface area contributed by atoms with E-state index in [0.717, 1.165) is 36.7 Å². The van der Waals surface area contributed by atoms with Gasteiger partial charge in [0.2, 0.25) is 15.9 Å². The summed E-state index contributed by atoms with van der Waals surface area (Å²) in [5.41, 5.74) is 0.993. The highest BCUT2D eigenvalue weighted by Crippen LogP contribution is 2.38. The van der Waals surface area contributed by atoms with Crippen LogP contribution in [0.1, 0.15) is 30.9 Å². The van der Waals surface area contributed by atoms with Gasteiger partial charge in [-0.25, -0.2) is 22.2 Å². The third kappa shape index (κ3) is 3.67. The van der Waals surface area contributed by atoms with Crippen LogP contribution in [-0.2, 0) is 10.0 Å². The van der Waals surface area contributed by atoms with Crippen LogP contribution in [0.2, 0.25) is 0 Å². The lowest BCUT2D eigenvalue weighted by atomic mass is 10.2. The molecule has 1 aromatic carbocycles. The van der Waals surface area contributed by atoms with E-state index in [1.807, 2.05) is 0 Å². The summed E-state index contributed by atoms with van der Waals surface area (Å²) in [6.45, 7) is 1.47. The van der Waals surface area contributed by atoms with Gasteiger partial charge in [-0.15, -0.1) is 0 Å². The molecule has 1 saturated carbocycles. The molecule has 2 saturated heterocycles. The van der Waals surface area contributed by atoms with E-state index in [1.165, 1.54) is 4.31 Å². The second-order valence-corrected chi connectivity index (χ2v) is 9.97. The number of aromatic nitrogens is 2. The maximum absolute atomic E-state index is 14.1. The Bertz CT molecular complexity index is 1030. The number of nitrogens with zero attached hydrogens (tertiary/aromatic N) is 4. The van der Waals surface area contributed by atoms with Gasteiger partial charge in [-0.05, 0) is 25.0 Å². The Morgan fingerprint density at radius 2 is 1.80 bits per heavy atom. The van der Waals surface area contributed by atoms with Crippen molar-refractivity contribution >= 4 is 10.0 Å². The molecule has 0 amide bonds. The molecule has 2 atom stereocenters. The van der Waals surface area contributed by atoms with Gasteiger partial charge in [0.25, 0.3) is 0 Å². The molecule has 2 aliphatic heterocycles.